The maximum absolute atomic E-state index is 10.5. The minimum atomic E-state index is -0.0735. The molecule has 0 spiro atoms. The summed E-state index contributed by atoms with van der Waals surface area (Å²) < 4.78 is 1.14. The van der Waals surface area contributed by atoms with Crippen LogP contribution in [0.3, 0.4) is 0 Å². The molecule has 9 heavy (non-hydrogen) atoms. The second kappa shape index (κ2) is 3.50. The molecule has 1 aliphatic heterocycles. The minimum absolute atomic E-state index is 0. The molecule has 0 atom stereocenters. The van der Waals surface area contributed by atoms with Gasteiger partial charge in [-0.1, -0.05) is 0 Å². The smallest absolute Gasteiger partial charge is 0.238 e. The minimum Gasteiger partial charge on any atom is -0.274 e. The molecule has 0 aromatic carbocycles. The van der Waals surface area contributed by atoms with Gasteiger partial charge in [0, 0.05) is 12.8 Å². The first-order chi connectivity index (χ1) is 3.72. The zero-order chi connectivity index (χ0) is 6.15. The summed E-state index contributed by atoms with van der Waals surface area (Å²) in [4.78, 5) is 21.0. The Morgan fingerprint density at radius 2 is 1.56 bits per heavy atom. The van der Waals surface area contributed by atoms with E-state index < -0.39 is 0 Å². The van der Waals surface area contributed by atoms with E-state index in [0.29, 0.717) is 12.8 Å². The van der Waals surface area contributed by atoms with Gasteiger partial charge in [0.1, 0.15) is 0 Å². The second-order valence-corrected chi connectivity index (χ2v) is 2.53. The topological polar surface area (TPSA) is 37.4 Å². The third kappa shape index (κ3) is 1.89. The Balaban J connectivity index is 0.000000640. The summed E-state index contributed by atoms with van der Waals surface area (Å²) in [5, 5.41) is 0. The summed E-state index contributed by atoms with van der Waals surface area (Å²) >= 11 is 1.72. The molecule has 1 fully saturated rings. The number of imide groups is 1. The van der Waals surface area contributed by atoms with Crippen molar-refractivity contribution in [1.82, 2.24) is 3.11 Å². The SMILES string of the molecule is Br.O=C1CCC(=O)N1I. The van der Waals surface area contributed by atoms with E-state index >= 15 is 0 Å². The zero-order valence-electron chi connectivity index (χ0n) is 4.46. The van der Waals surface area contributed by atoms with Gasteiger partial charge in [-0.05, 0) is 0 Å². The van der Waals surface area contributed by atoms with Crippen LogP contribution in [0.5, 0.6) is 0 Å². The lowest BCUT2D eigenvalue weighted by molar-refractivity contribution is -0.130. The molecule has 3 nitrogen and oxygen atoms in total. The summed E-state index contributed by atoms with van der Waals surface area (Å²) in [6.07, 6.45) is 0.781. The van der Waals surface area contributed by atoms with Crippen LogP contribution in [0.25, 0.3) is 0 Å². The highest BCUT2D eigenvalue weighted by molar-refractivity contribution is 14.1. The van der Waals surface area contributed by atoms with Crippen LogP contribution < -0.4 is 0 Å². The van der Waals surface area contributed by atoms with Crippen LogP contribution in [0.4, 0.5) is 0 Å². The summed E-state index contributed by atoms with van der Waals surface area (Å²) in [5.41, 5.74) is 0. The van der Waals surface area contributed by atoms with Gasteiger partial charge in [-0.15, -0.1) is 17.0 Å². The molecule has 0 aromatic rings. The number of carbonyl (C=O) groups excluding carboxylic acids is 2. The van der Waals surface area contributed by atoms with Crippen LogP contribution in [-0.2, 0) is 9.59 Å². The van der Waals surface area contributed by atoms with Crippen LogP contribution in [0.15, 0.2) is 0 Å². The number of nitrogens with zero attached hydrogens (tertiary/aromatic N) is 1. The van der Waals surface area contributed by atoms with Crippen molar-refractivity contribution in [3.05, 3.63) is 0 Å². The van der Waals surface area contributed by atoms with Gasteiger partial charge >= 0.3 is 0 Å². The lowest BCUT2D eigenvalue weighted by Crippen LogP contribution is -2.16. The van der Waals surface area contributed by atoms with Gasteiger partial charge in [-0.25, -0.2) is 3.11 Å². The highest BCUT2D eigenvalue weighted by Gasteiger charge is 2.26. The Hall–Kier alpha value is 0.350. The van der Waals surface area contributed by atoms with Crippen molar-refractivity contribution < 1.29 is 9.59 Å². The number of rotatable bonds is 0. The van der Waals surface area contributed by atoms with E-state index in [1.807, 2.05) is 0 Å². The molecule has 1 saturated heterocycles. The highest BCUT2D eigenvalue weighted by atomic mass is 127. The summed E-state index contributed by atoms with van der Waals surface area (Å²) in [6.45, 7) is 0. The maximum atomic E-state index is 10.5. The van der Waals surface area contributed by atoms with Crippen molar-refractivity contribution in [2.75, 3.05) is 0 Å². The van der Waals surface area contributed by atoms with Gasteiger partial charge < -0.3 is 0 Å². The first kappa shape index (κ1) is 9.35. The first-order valence-electron chi connectivity index (χ1n) is 2.23. The molecule has 52 valence electrons. The molecule has 1 rings (SSSR count). The fraction of sp³-hybridized carbons (Fsp3) is 0.500. The molecule has 0 aliphatic carbocycles. The van der Waals surface area contributed by atoms with E-state index in [0.717, 1.165) is 3.11 Å². The van der Waals surface area contributed by atoms with Gasteiger partial charge in [0.05, 0.1) is 22.9 Å². The van der Waals surface area contributed by atoms with Gasteiger partial charge in [0.15, 0.2) is 0 Å². The Bertz CT molecular complexity index is 134. The molecule has 1 heterocycles. The van der Waals surface area contributed by atoms with Crippen molar-refractivity contribution >= 4 is 51.7 Å². The molecule has 0 saturated carbocycles. The molecular formula is C4H5BrINO2. The lowest BCUT2D eigenvalue weighted by Gasteiger charge is -1.97. The fourth-order valence-corrected chi connectivity index (χ4v) is 1.03. The van der Waals surface area contributed by atoms with Crippen LogP contribution >= 0.6 is 39.8 Å². The normalized spacial score (nSPS) is 18.1. The summed E-state index contributed by atoms with van der Waals surface area (Å²) in [6, 6.07) is 0. The van der Waals surface area contributed by atoms with E-state index in [1.54, 1.807) is 22.9 Å². The monoisotopic (exact) mass is 305 g/mol. The molecule has 5 heteroatoms. The second-order valence-electron chi connectivity index (χ2n) is 1.57. The third-order valence-electron chi connectivity index (χ3n) is 0.991. The van der Waals surface area contributed by atoms with Gasteiger partial charge in [-0.3, -0.25) is 9.59 Å². The zero-order valence-corrected chi connectivity index (χ0v) is 8.33. The third-order valence-corrected chi connectivity index (χ3v) is 2.07. The number of carbonyl (C=O) groups is 2. The number of hydrogen-bond acceptors (Lipinski definition) is 2. The van der Waals surface area contributed by atoms with E-state index in [9.17, 15) is 9.59 Å². The number of amides is 2. The van der Waals surface area contributed by atoms with Crippen LogP contribution in [-0.4, -0.2) is 14.9 Å². The largest absolute Gasteiger partial charge is 0.274 e. The van der Waals surface area contributed by atoms with E-state index in [1.165, 1.54) is 0 Å². The Morgan fingerprint density at radius 3 is 1.67 bits per heavy atom. The van der Waals surface area contributed by atoms with Crippen LogP contribution in [0.2, 0.25) is 0 Å². The van der Waals surface area contributed by atoms with E-state index in [2.05, 4.69) is 0 Å². The maximum Gasteiger partial charge on any atom is 0.238 e. The highest BCUT2D eigenvalue weighted by Crippen LogP contribution is 2.15. The van der Waals surface area contributed by atoms with Gasteiger partial charge in [0.2, 0.25) is 11.8 Å². The Labute approximate surface area is 77.0 Å². The van der Waals surface area contributed by atoms with Crippen LogP contribution in [0.1, 0.15) is 12.8 Å². The average molecular weight is 306 g/mol. The summed E-state index contributed by atoms with van der Waals surface area (Å²) in [5.74, 6) is -0.147. The predicted molar refractivity (Wildman–Crippen MR) is 45.4 cm³/mol. The van der Waals surface area contributed by atoms with Crippen molar-refractivity contribution in [3.63, 3.8) is 0 Å². The lowest BCUT2D eigenvalue weighted by atomic mass is 10.4. The molecule has 0 unspecified atom stereocenters. The number of halogens is 2. The molecule has 0 aromatic heterocycles. The number of hydrogen-bond donors (Lipinski definition) is 0. The summed E-state index contributed by atoms with van der Waals surface area (Å²) in [7, 11) is 0. The predicted octanol–water partition coefficient (Wildman–Crippen LogP) is 1.06. The Kier molecular flexibility index (Phi) is 3.64. The van der Waals surface area contributed by atoms with Gasteiger partial charge in [-0.2, -0.15) is 0 Å². The molecule has 2 amide bonds. The molecule has 0 bridgehead atoms. The average Bonchev–Trinajstić information content (AvgIpc) is 1.98. The van der Waals surface area contributed by atoms with Crippen LogP contribution in [0, 0.1) is 0 Å². The van der Waals surface area contributed by atoms with Crippen molar-refractivity contribution in [2.24, 2.45) is 0 Å². The molecular weight excluding hydrogens is 301 g/mol. The van der Waals surface area contributed by atoms with Crippen molar-refractivity contribution in [3.8, 4) is 0 Å². The molecule has 0 radical (unpaired) electrons. The van der Waals surface area contributed by atoms with Gasteiger partial charge in [0.25, 0.3) is 0 Å². The van der Waals surface area contributed by atoms with Crippen molar-refractivity contribution in [1.29, 1.82) is 0 Å². The standard InChI is InChI=1S/C4H4INO2.BrH/c5-6-3(7)1-2-4(6)8;/h1-2H2;1H. The van der Waals surface area contributed by atoms with Crippen molar-refractivity contribution in [2.45, 2.75) is 12.8 Å². The fourth-order valence-electron chi connectivity index (χ4n) is 0.549. The molecule has 1 aliphatic rings. The van der Waals surface area contributed by atoms with E-state index in [-0.39, 0.29) is 28.8 Å². The first-order valence-corrected chi connectivity index (χ1v) is 3.20. The van der Waals surface area contributed by atoms with E-state index in [4.69, 9.17) is 0 Å². The molecule has 0 N–H and O–H groups in total. The quantitative estimate of drug-likeness (QED) is 0.381. The Morgan fingerprint density at radius 1 is 1.22 bits per heavy atom.